The first-order valence-electron chi connectivity index (χ1n) is 7.11. The van der Waals surface area contributed by atoms with Gasteiger partial charge in [-0.05, 0) is 31.2 Å². The highest BCUT2D eigenvalue weighted by Gasteiger charge is 2.34. The monoisotopic (exact) mass is 320 g/mol. The van der Waals surface area contributed by atoms with Crippen LogP contribution in [0.3, 0.4) is 0 Å². The quantitative estimate of drug-likeness (QED) is 0.859. The van der Waals surface area contributed by atoms with Gasteiger partial charge in [-0.15, -0.1) is 0 Å². The van der Waals surface area contributed by atoms with E-state index in [1.54, 1.807) is 6.20 Å². The Morgan fingerprint density at radius 3 is 2.86 bits per heavy atom. The van der Waals surface area contributed by atoms with E-state index >= 15 is 0 Å². The van der Waals surface area contributed by atoms with Gasteiger partial charge >= 0.3 is 0 Å². The number of amides is 1. The Hall–Kier alpha value is -1.39. The molecular formula is C16H17ClN2OS. The zero-order valence-corrected chi connectivity index (χ0v) is 13.4. The van der Waals surface area contributed by atoms with E-state index in [2.05, 4.69) is 36.2 Å². The Morgan fingerprint density at radius 1 is 1.43 bits per heavy atom. The van der Waals surface area contributed by atoms with Crippen molar-refractivity contribution >= 4 is 28.8 Å². The second-order valence-electron chi connectivity index (χ2n) is 5.46. The van der Waals surface area contributed by atoms with Crippen molar-refractivity contribution in [2.24, 2.45) is 5.92 Å². The largest absolute Gasteiger partial charge is 0.335 e. The molecule has 3 nitrogen and oxygen atoms in total. The SMILES string of the molecule is CC1C(Cc2ccccc2)CCN1C(=O)c1cnc(Cl)s1. The van der Waals surface area contributed by atoms with Crippen molar-refractivity contribution in [3.63, 3.8) is 0 Å². The topological polar surface area (TPSA) is 33.2 Å². The molecule has 1 amide bonds. The summed E-state index contributed by atoms with van der Waals surface area (Å²) in [4.78, 5) is 19.1. The lowest BCUT2D eigenvalue weighted by Crippen LogP contribution is -2.35. The molecular weight excluding hydrogens is 304 g/mol. The average Bonchev–Trinajstić information content (AvgIpc) is 3.07. The molecule has 2 unspecified atom stereocenters. The fourth-order valence-electron chi connectivity index (χ4n) is 2.97. The van der Waals surface area contributed by atoms with Gasteiger partial charge in [-0.2, -0.15) is 0 Å². The van der Waals surface area contributed by atoms with Crippen molar-refractivity contribution in [1.82, 2.24) is 9.88 Å². The Balaban J connectivity index is 1.68. The lowest BCUT2D eigenvalue weighted by atomic mass is 9.93. The molecule has 21 heavy (non-hydrogen) atoms. The van der Waals surface area contributed by atoms with Crippen molar-refractivity contribution in [1.29, 1.82) is 0 Å². The van der Waals surface area contributed by atoms with Crippen LogP contribution in [0, 0.1) is 5.92 Å². The van der Waals surface area contributed by atoms with Gasteiger partial charge < -0.3 is 4.90 Å². The number of likely N-dealkylation sites (tertiary alicyclic amines) is 1. The van der Waals surface area contributed by atoms with Crippen LogP contribution in [0.5, 0.6) is 0 Å². The predicted molar refractivity (Wildman–Crippen MR) is 85.9 cm³/mol. The molecule has 2 aromatic rings. The lowest BCUT2D eigenvalue weighted by Gasteiger charge is -2.24. The van der Waals surface area contributed by atoms with Crippen LogP contribution in [-0.4, -0.2) is 28.4 Å². The molecule has 1 aromatic carbocycles. The number of thiazole rings is 1. The van der Waals surface area contributed by atoms with E-state index in [9.17, 15) is 4.79 Å². The molecule has 1 aliphatic rings. The van der Waals surface area contributed by atoms with E-state index in [1.807, 2.05) is 11.0 Å². The molecule has 3 rings (SSSR count). The second kappa shape index (κ2) is 6.16. The lowest BCUT2D eigenvalue weighted by molar-refractivity contribution is 0.0737. The van der Waals surface area contributed by atoms with Gasteiger partial charge in [0.2, 0.25) is 0 Å². The number of nitrogens with zero attached hydrogens (tertiary/aromatic N) is 2. The predicted octanol–water partition coefficient (Wildman–Crippen LogP) is 3.89. The summed E-state index contributed by atoms with van der Waals surface area (Å²) in [5, 5.41) is 0. The number of halogens is 1. The molecule has 110 valence electrons. The molecule has 0 radical (unpaired) electrons. The van der Waals surface area contributed by atoms with Crippen LogP contribution in [0.2, 0.25) is 4.47 Å². The Morgan fingerprint density at radius 2 is 2.19 bits per heavy atom. The number of carbonyl (C=O) groups is 1. The third kappa shape index (κ3) is 3.11. The minimum Gasteiger partial charge on any atom is -0.335 e. The zero-order valence-electron chi connectivity index (χ0n) is 11.8. The number of hydrogen-bond donors (Lipinski definition) is 0. The normalized spacial score (nSPS) is 21.7. The average molecular weight is 321 g/mol. The fourth-order valence-corrected chi connectivity index (χ4v) is 3.87. The number of rotatable bonds is 3. The van der Waals surface area contributed by atoms with Crippen molar-refractivity contribution in [3.05, 3.63) is 51.4 Å². The number of hydrogen-bond acceptors (Lipinski definition) is 3. The molecule has 1 saturated heterocycles. The summed E-state index contributed by atoms with van der Waals surface area (Å²) < 4.78 is 0.422. The molecule has 5 heteroatoms. The van der Waals surface area contributed by atoms with Crippen LogP contribution in [0.15, 0.2) is 36.5 Å². The van der Waals surface area contributed by atoms with Crippen molar-refractivity contribution < 1.29 is 4.79 Å². The molecule has 0 saturated carbocycles. The third-order valence-electron chi connectivity index (χ3n) is 4.20. The number of benzene rings is 1. The van der Waals surface area contributed by atoms with Gasteiger partial charge in [0.1, 0.15) is 4.88 Å². The minimum absolute atomic E-state index is 0.0578. The van der Waals surface area contributed by atoms with Gasteiger partial charge in [-0.25, -0.2) is 4.98 Å². The summed E-state index contributed by atoms with van der Waals surface area (Å²) in [5.41, 5.74) is 1.34. The summed E-state index contributed by atoms with van der Waals surface area (Å²) in [6.45, 7) is 2.95. The van der Waals surface area contributed by atoms with E-state index in [0.717, 1.165) is 19.4 Å². The molecule has 1 fully saturated rings. The maximum absolute atomic E-state index is 12.5. The first kappa shape index (κ1) is 14.5. The van der Waals surface area contributed by atoms with Crippen molar-refractivity contribution in [2.75, 3.05) is 6.54 Å². The standard InChI is InChI=1S/C16H17ClN2OS/c1-11-13(9-12-5-3-2-4-6-12)7-8-19(11)15(20)14-10-18-16(17)21-14/h2-6,10-11,13H,7-9H2,1H3. The summed E-state index contributed by atoms with van der Waals surface area (Å²) in [6.07, 6.45) is 3.65. The highest BCUT2D eigenvalue weighted by atomic mass is 35.5. The Bertz CT molecular complexity index is 628. The van der Waals surface area contributed by atoms with Gasteiger partial charge in [0.15, 0.2) is 4.47 Å². The van der Waals surface area contributed by atoms with Crippen LogP contribution in [0.4, 0.5) is 0 Å². The van der Waals surface area contributed by atoms with Crippen molar-refractivity contribution in [2.45, 2.75) is 25.8 Å². The molecule has 0 N–H and O–H groups in total. The van der Waals surface area contributed by atoms with Gasteiger partial charge in [0.25, 0.3) is 5.91 Å². The zero-order chi connectivity index (χ0) is 14.8. The van der Waals surface area contributed by atoms with E-state index < -0.39 is 0 Å². The summed E-state index contributed by atoms with van der Waals surface area (Å²) in [7, 11) is 0. The van der Waals surface area contributed by atoms with Crippen LogP contribution in [0.25, 0.3) is 0 Å². The highest BCUT2D eigenvalue weighted by Crippen LogP contribution is 2.30. The van der Waals surface area contributed by atoms with Crippen LogP contribution >= 0.6 is 22.9 Å². The first-order chi connectivity index (χ1) is 10.1. The Labute approximate surface area is 133 Å². The second-order valence-corrected chi connectivity index (χ2v) is 7.07. The van der Waals surface area contributed by atoms with Crippen LogP contribution in [0.1, 0.15) is 28.6 Å². The van der Waals surface area contributed by atoms with Gasteiger partial charge in [-0.1, -0.05) is 53.3 Å². The van der Waals surface area contributed by atoms with E-state index in [0.29, 0.717) is 15.3 Å². The first-order valence-corrected chi connectivity index (χ1v) is 8.31. The smallest absolute Gasteiger partial charge is 0.265 e. The number of carbonyl (C=O) groups excluding carboxylic acids is 1. The van der Waals surface area contributed by atoms with Crippen LogP contribution < -0.4 is 0 Å². The van der Waals surface area contributed by atoms with Crippen molar-refractivity contribution in [3.8, 4) is 0 Å². The minimum atomic E-state index is 0.0578. The Kier molecular flexibility index (Phi) is 4.27. The summed E-state index contributed by atoms with van der Waals surface area (Å²) in [5.74, 6) is 0.571. The van der Waals surface area contributed by atoms with E-state index in [-0.39, 0.29) is 11.9 Å². The molecule has 0 aliphatic carbocycles. The van der Waals surface area contributed by atoms with Gasteiger partial charge in [-0.3, -0.25) is 4.79 Å². The van der Waals surface area contributed by atoms with Gasteiger partial charge in [0, 0.05) is 12.6 Å². The maximum atomic E-state index is 12.5. The van der Waals surface area contributed by atoms with E-state index in [1.165, 1.54) is 16.9 Å². The summed E-state index contributed by atoms with van der Waals surface area (Å²) in [6, 6.07) is 10.7. The fraction of sp³-hybridized carbons (Fsp3) is 0.375. The molecule has 1 aliphatic heterocycles. The van der Waals surface area contributed by atoms with Gasteiger partial charge in [0.05, 0.1) is 6.20 Å². The number of aromatic nitrogens is 1. The molecule has 0 spiro atoms. The molecule has 2 atom stereocenters. The highest BCUT2D eigenvalue weighted by molar-refractivity contribution is 7.17. The van der Waals surface area contributed by atoms with E-state index in [4.69, 9.17) is 11.6 Å². The van der Waals surface area contributed by atoms with Crippen LogP contribution in [-0.2, 0) is 6.42 Å². The molecule has 0 bridgehead atoms. The summed E-state index contributed by atoms with van der Waals surface area (Å²) >= 11 is 7.07. The molecule has 1 aromatic heterocycles. The third-order valence-corrected chi connectivity index (χ3v) is 5.31. The maximum Gasteiger partial charge on any atom is 0.265 e. The molecule has 2 heterocycles.